The molecule has 0 aromatic carbocycles. The number of nitrogens with zero attached hydrogens (tertiary/aromatic N) is 3. The highest BCUT2D eigenvalue weighted by atomic mass is 16.5. The third-order valence-electron chi connectivity index (χ3n) is 4.45. The van der Waals surface area contributed by atoms with Gasteiger partial charge in [0.05, 0.1) is 13.2 Å². The average Bonchev–Trinajstić information content (AvgIpc) is 3.01. The van der Waals surface area contributed by atoms with Crippen LogP contribution in [0.5, 0.6) is 5.75 Å². The molecule has 0 radical (unpaired) electrons. The number of aromatic nitrogens is 2. The Morgan fingerprint density at radius 3 is 2.95 bits per heavy atom. The van der Waals surface area contributed by atoms with E-state index in [1.165, 1.54) is 0 Å². The topological polar surface area (TPSA) is 70.5 Å². The fourth-order valence-corrected chi connectivity index (χ4v) is 3.48. The van der Waals surface area contributed by atoms with Gasteiger partial charge in [-0.15, -0.1) is 0 Å². The molecule has 3 atom stereocenters. The SMILES string of the molecule is CCNc1ncnc(N2CC3CCC(O)C3C2)c1OC. The first kappa shape index (κ1) is 13.4. The maximum atomic E-state index is 10.0. The number of anilines is 2. The van der Waals surface area contributed by atoms with Crippen LogP contribution in [0.3, 0.4) is 0 Å². The third-order valence-corrected chi connectivity index (χ3v) is 4.45. The molecule has 2 heterocycles. The molecule has 3 unspecified atom stereocenters. The Morgan fingerprint density at radius 1 is 1.40 bits per heavy atom. The molecule has 2 N–H and O–H groups in total. The van der Waals surface area contributed by atoms with Gasteiger partial charge in [0.25, 0.3) is 0 Å². The van der Waals surface area contributed by atoms with E-state index in [1.54, 1.807) is 13.4 Å². The molecule has 0 amide bonds. The van der Waals surface area contributed by atoms with Gasteiger partial charge in [0.2, 0.25) is 5.75 Å². The van der Waals surface area contributed by atoms with Crippen LogP contribution in [0, 0.1) is 11.8 Å². The summed E-state index contributed by atoms with van der Waals surface area (Å²) in [4.78, 5) is 10.9. The predicted octanol–water partition coefficient (Wildman–Crippen LogP) is 1.12. The fourth-order valence-electron chi connectivity index (χ4n) is 3.48. The smallest absolute Gasteiger partial charge is 0.204 e. The average molecular weight is 278 g/mol. The quantitative estimate of drug-likeness (QED) is 0.860. The van der Waals surface area contributed by atoms with E-state index >= 15 is 0 Å². The van der Waals surface area contributed by atoms with Crippen molar-refractivity contribution in [3.8, 4) is 5.75 Å². The Kier molecular flexibility index (Phi) is 3.65. The van der Waals surface area contributed by atoms with Crippen molar-refractivity contribution >= 4 is 11.6 Å². The number of aliphatic hydroxyl groups excluding tert-OH is 1. The molecule has 1 aromatic rings. The number of ether oxygens (including phenoxy) is 1. The van der Waals surface area contributed by atoms with E-state index in [0.29, 0.717) is 17.6 Å². The van der Waals surface area contributed by atoms with Crippen molar-refractivity contribution < 1.29 is 9.84 Å². The Hall–Kier alpha value is -1.56. The number of hydrogen-bond donors (Lipinski definition) is 2. The van der Waals surface area contributed by atoms with E-state index in [4.69, 9.17) is 4.74 Å². The molecule has 1 aliphatic carbocycles. The monoisotopic (exact) mass is 278 g/mol. The first-order chi connectivity index (χ1) is 9.74. The Balaban J connectivity index is 1.86. The van der Waals surface area contributed by atoms with E-state index in [0.717, 1.165) is 44.1 Å². The molecule has 0 spiro atoms. The fraction of sp³-hybridized carbons (Fsp3) is 0.714. The molecule has 2 fully saturated rings. The molecule has 3 rings (SSSR count). The van der Waals surface area contributed by atoms with Crippen molar-refractivity contribution in [3.63, 3.8) is 0 Å². The molecule has 1 saturated carbocycles. The minimum atomic E-state index is -0.161. The first-order valence-electron chi connectivity index (χ1n) is 7.30. The molecule has 6 heteroatoms. The lowest BCUT2D eigenvalue weighted by Gasteiger charge is -2.22. The highest BCUT2D eigenvalue weighted by molar-refractivity contribution is 5.65. The van der Waals surface area contributed by atoms with E-state index in [-0.39, 0.29) is 6.10 Å². The van der Waals surface area contributed by atoms with Crippen LogP contribution >= 0.6 is 0 Å². The van der Waals surface area contributed by atoms with Crippen LogP contribution in [-0.4, -0.2) is 47.9 Å². The molecular weight excluding hydrogens is 256 g/mol. The minimum absolute atomic E-state index is 0.161. The zero-order valence-corrected chi connectivity index (χ0v) is 12.0. The summed E-state index contributed by atoms with van der Waals surface area (Å²) < 4.78 is 5.50. The van der Waals surface area contributed by atoms with Crippen LogP contribution in [0.1, 0.15) is 19.8 Å². The van der Waals surface area contributed by atoms with Crippen molar-refractivity contribution in [2.24, 2.45) is 11.8 Å². The van der Waals surface area contributed by atoms with Crippen molar-refractivity contribution in [1.82, 2.24) is 9.97 Å². The summed E-state index contributed by atoms with van der Waals surface area (Å²) in [5, 5.41) is 13.2. The number of aliphatic hydroxyl groups is 1. The van der Waals surface area contributed by atoms with Crippen LogP contribution in [0.15, 0.2) is 6.33 Å². The van der Waals surface area contributed by atoms with Gasteiger partial charge in [0.1, 0.15) is 6.33 Å². The summed E-state index contributed by atoms with van der Waals surface area (Å²) in [6.07, 6.45) is 3.45. The van der Waals surface area contributed by atoms with Gasteiger partial charge in [-0.25, -0.2) is 9.97 Å². The lowest BCUT2D eigenvalue weighted by atomic mass is 10.00. The van der Waals surface area contributed by atoms with Gasteiger partial charge >= 0.3 is 0 Å². The van der Waals surface area contributed by atoms with Crippen LogP contribution < -0.4 is 15.0 Å². The van der Waals surface area contributed by atoms with Crippen molar-refractivity contribution in [2.45, 2.75) is 25.9 Å². The summed E-state index contributed by atoms with van der Waals surface area (Å²) in [5.41, 5.74) is 0. The number of hydrogen-bond acceptors (Lipinski definition) is 6. The summed E-state index contributed by atoms with van der Waals surface area (Å²) in [5.74, 6) is 3.21. The number of methoxy groups -OCH3 is 1. The van der Waals surface area contributed by atoms with Gasteiger partial charge in [-0.1, -0.05) is 0 Å². The highest BCUT2D eigenvalue weighted by Crippen LogP contribution is 2.42. The maximum Gasteiger partial charge on any atom is 0.204 e. The van der Waals surface area contributed by atoms with Gasteiger partial charge in [0, 0.05) is 25.6 Å². The minimum Gasteiger partial charge on any atom is -0.490 e. The second kappa shape index (κ2) is 5.44. The maximum absolute atomic E-state index is 10.0. The van der Waals surface area contributed by atoms with Gasteiger partial charge in [-0.3, -0.25) is 0 Å². The number of fused-ring (bicyclic) bond motifs is 1. The molecule has 110 valence electrons. The van der Waals surface area contributed by atoms with Crippen LogP contribution in [0.25, 0.3) is 0 Å². The van der Waals surface area contributed by atoms with Gasteiger partial charge in [-0.05, 0) is 25.7 Å². The zero-order chi connectivity index (χ0) is 14.1. The Labute approximate surface area is 119 Å². The number of nitrogens with one attached hydrogen (secondary N) is 1. The van der Waals surface area contributed by atoms with Gasteiger partial charge in [-0.2, -0.15) is 0 Å². The lowest BCUT2D eigenvalue weighted by molar-refractivity contribution is 0.133. The van der Waals surface area contributed by atoms with E-state index in [1.807, 2.05) is 6.92 Å². The molecule has 20 heavy (non-hydrogen) atoms. The molecule has 2 aliphatic rings. The summed E-state index contributed by atoms with van der Waals surface area (Å²) in [7, 11) is 1.65. The molecule has 6 nitrogen and oxygen atoms in total. The van der Waals surface area contributed by atoms with E-state index < -0.39 is 0 Å². The predicted molar refractivity (Wildman–Crippen MR) is 77.2 cm³/mol. The summed E-state index contributed by atoms with van der Waals surface area (Å²) in [6, 6.07) is 0. The van der Waals surface area contributed by atoms with E-state index in [2.05, 4.69) is 20.2 Å². The van der Waals surface area contributed by atoms with Gasteiger partial charge < -0.3 is 20.1 Å². The lowest BCUT2D eigenvalue weighted by Crippen LogP contribution is -2.26. The zero-order valence-electron chi connectivity index (χ0n) is 12.0. The standard InChI is InChI=1S/C14H22N4O2/c1-3-15-13-12(20-2)14(17-8-16-13)18-6-9-4-5-11(19)10(9)7-18/h8-11,19H,3-7H2,1-2H3,(H,15,16,17). The second-order valence-corrected chi connectivity index (χ2v) is 5.58. The molecule has 1 aliphatic heterocycles. The first-order valence-corrected chi connectivity index (χ1v) is 7.30. The molecule has 0 bridgehead atoms. The Bertz CT molecular complexity index is 482. The van der Waals surface area contributed by atoms with Crippen LogP contribution in [0.4, 0.5) is 11.6 Å². The second-order valence-electron chi connectivity index (χ2n) is 5.58. The third kappa shape index (κ3) is 2.18. The van der Waals surface area contributed by atoms with Gasteiger partial charge in [0.15, 0.2) is 11.6 Å². The van der Waals surface area contributed by atoms with Crippen LogP contribution in [-0.2, 0) is 0 Å². The van der Waals surface area contributed by atoms with Crippen LogP contribution in [0.2, 0.25) is 0 Å². The molecule has 1 saturated heterocycles. The van der Waals surface area contributed by atoms with E-state index in [9.17, 15) is 5.11 Å². The molecular formula is C14H22N4O2. The largest absolute Gasteiger partial charge is 0.490 e. The Morgan fingerprint density at radius 2 is 2.25 bits per heavy atom. The molecule has 1 aromatic heterocycles. The normalized spacial score (nSPS) is 28.6. The highest BCUT2D eigenvalue weighted by Gasteiger charge is 2.43. The summed E-state index contributed by atoms with van der Waals surface area (Å²) >= 11 is 0. The van der Waals surface area contributed by atoms with Crippen molar-refractivity contribution in [1.29, 1.82) is 0 Å². The summed E-state index contributed by atoms with van der Waals surface area (Å²) in [6.45, 7) is 4.61. The van der Waals surface area contributed by atoms with Crippen molar-refractivity contribution in [3.05, 3.63) is 6.33 Å². The van der Waals surface area contributed by atoms with Crippen molar-refractivity contribution in [2.75, 3.05) is 37.0 Å². The number of rotatable bonds is 4.